The number of benzene rings is 1. The molecule has 0 amide bonds. The summed E-state index contributed by atoms with van der Waals surface area (Å²) in [6.07, 6.45) is 1.04. The van der Waals surface area contributed by atoms with Crippen LogP contribution in [-0.4, -0.2) is 32.6 Å². The first-order valence-electron chi connectivity index (χ1n) is 10.6. The van der Waals surface area contributed by atoms with Crippen LogP contribution in [0.25, 0.3) is 0 Å². The quantitative estimate of drug-likeness (QED) is 0.640. The SMILES string of the molecule is CCOc1ccc(C2CC(=O)C3=C(C2)NC(C)=C(C(=O)OC)C3c2cccs2)cc1OC. The lowest BCUT2D eigenvalue weighted by Crippen LogP contribution is -2.35. The first-order valence-corrected chi connectivity index (χ1v) is 11.5. The highest BCUT2D eigenvalue weighted by molar-refractivity contribution is 7.10. The summed E-state index contributed by atoms with van der Waals surface area (Å²) in [7, 11) is 2.99. The summed E-state index contributed by atoms with van der Waals surface area (Å²) in [6, 6.07) is 9.76. The van der Waals surface area contributed by atoms with Crippen molar-refractivity contribution in [1.29, 1.82) is 0 Å². The number of carbonyl (C=O) groups is 2. The Bertz CT molecular complexity index is 1100. The molecule has 0 saturated heterocycles. The van der Waals surface area contributed by atoms with Gasteiger partial charge in [-0.05, 0) is 55.3 Å². The van der Waals surface area contributed by atoms with Crippen molar-refractivity contribution in [1.82, 2.24) is 5.32 Å². The van der Waals surface area contributed by atoms with Gasteiger partial charge in [-0.2, -0.15) is 0 Å². The second-order valence-electron chi connectivity index (χ2n) is 7.87. The van der Waals surface area contributed by atoms with Crippen LogP contribution >= 0.6 is 11.3 Å². The summed E-state index contributed by atoms with van der Waals surface area (Å²) in [4.78, 5) is 27.1. The molecular weight excluding hydrogens is 426 g/mol. The van der Waals surface area contributed by atoms with Crippen LogP contribution in [-0.2, 0) is 14.3 Å². The lowest BCUT2D eigenvalue weighted by molar-refractivity contribution is -0.136. The average molecular weight is 454 g/mol. The van der Waals surface area contributed by atoms with Crippen LogP contribution in [0.3, 0.4) is 0 Å². The molecule has 1 aliphatic carbocycles. The molecule has 7 heteroatoms. The number of thiophene rings is 1. The Hall–Kier alpha value is -3.06. The van der Waals surface area contributed by atoms with Crippen molar-refractivity contribution in [3.8, 4) is 11.5 Å². The standard InChI is InChI=1S/C25H27NO5S/c1-5-31-19-9-8-15(13-20(19)29-3)16-11-17-23(18(27)12-16)24(21-7-6-10-32-21)22(14(2)26-17)25(28)30-4/h6-10,13,16,24,26H,5,11-12H2,1-4H3. The Morgan fingerprint density at radius 3 is 2.66 bits per heavy atom. The molecule has 1 aromatic heterocycles. The van der Waals surface area contributed by atoms with Crippen molar-refractivity contribution in [2.45, 2.75) is 38.5 Å². The van der Waals surface area contributed by atoms with E-state index in [4.69, 9.17) is 14.2 Å². The molecule has 0 bridgehead atoms. The van der Waals surface area contributed by atoms with E-state index in [0.29, 0.717) is 42.1 Å². The molecule has 2 atom stereocenters. The number of hydrogen-bond acceptors (Lipinski definition) is 7. The third kappa shape index (κ3) is 3.93. The fourth-order valence-corrected chi connectivity index (χ4v) is 5.45. The van der Waals surface area contributed by atoms with Crippen molar-refractivity contribution in [3.63, 3.8) is 0 Å². The molecule has 2 unspecified atom stereocenters. The molecule has 0 saturated carbocycles. The van der Waals surface area contributed by atoms with Crippen LogP contribution in [0.15, 0.2) is 58.3 Å². The fourth-order valence-electron chi connectivity index (χ4n) is 4.61. The average Bonchev–Trinajstić information content (AvgIpc) is 3.32. The van der Waals surface area contributed by atoms with E-state index in [9.17, 15) is 9.59 Å². The number of ether oxygens (including phenoxy) is 3. The minimum atomic E-state index is -0.411. The van der Waals surface area contributed by atoms with Crippen LogP contribution in [0.5, 0.6) is 11.5 Å². The number of nitrogens with one attached hydrogen (secondary N) is 1. The second kappa shape index (κ2) is 9.20. The van der Waals surface area contributed by atoms with Crippen LogP contribution in [0.4, 0.5) is 0 Å². The molecule has 0 fully saturated rings. The van der Waals surface area contributed by atoms with Gasteiger partial charge in [0.15, 0.2) is 17.3 Å². The van der Waals surface area contributed by atoms with Gasteiger partial charge in [-0.1, -0.05) is 12.1 Å². The van der Waals surface area contributed by atoms with Crippen molar-refractivity contribution >= 4 is 23.1 Å². The van der Waals surface area contributed by atoms with Crippen molar-refractivity contribution in [2.75, 3.05) is 20.8 Å². The fraction of sp³-hybridized carbons (Fsp3) is 0.360. The van der Waals surface area contributed by atoms with E-state index in [-0.39, 0.29) is 11.7 Å². The lowest BCUT2D eigenvalue weighted by atomic mass is 9.73. The maximum absolute atomic E-state index is 13.5. The summed E-state index contributed by atoms with van der Waals surface area (Å²) in [5.41, 5.74) is 3.81. The number of allylic oxidation sites excluding steroid dienone is 3. The predicted octanol–water partition coefficient (Wildman–Crippen LogP) is 4.69. The van der Waals surface area contributed by atoms with Gasteiger partial charge in [0.1, 0.15) is 0 Å². The summed E-state index contributed by atoms with van der Waals surface area (Å²) < 4.78 is 16.2. The number of dihydropyridines is 1. The van der Waals surface area contributed by atoms with Crippen LogP contribution in [0, 0.1) is 0 Å². The van der Waals surface area contributed by atoms with Gasteiger partial charge in [-0.3, -0.25) is 4.79 Å². The topological polar surface area (TPSA) is 73.9 Å². The third-order valence-corrected chi connectivity index (χ3v) is 6.96. The van der Waals surface area contributed by atoms with Gasteiger partial charge in [0.05, 0.1) is 32.3 Å². The Morgan fingerprint density at radius 2 is 2.00 bits per heavy atom. The minimum absolute atomic E-state index is 0.00906. The molecule has 2 heterocycles. The Morgan fingerprint density at radius 1 is 1.19 bits per heavy atom. The molecule has 0 spiro atoms. The van der Waals surface area contributed by atoms with Crippen molar-refractivity contribution in [2.24, 2.45) is 0 Å². The van der Waals surface area contributed by atoms with E-state index in [1.165, 1.54) is 7.11 Å². The summed E-state index contributed by atoms with van der Waals surface area (Å²) in [6.45, 7) is 4.35. The molecule has 2 aromatic rings. The van der Waals surface area contributed by atoms with E-state index in [0.717, 1.165) is 21.8 Å². The normalized spacial score (nSPS) is 20.6. The Kier molecular flexibility index (Phi) is 6.37. The summed E-state index contributed by atoms with van der Waals surface area (Å²) in [5.74, 6) is 0.594. The van der Waals surface area contributed by atoms with Gasteiger partial charge in [-0.15, -0.1) is 11.3 Å². The Labute approximate surface area is 191 Å². The summed E-state index contributed by atoms with van der Waals surface area (Å²) >= 11 is 1.54. The molecular formula is C25H27NO5S. The summed E-state index contributed by atoms with van der Waals surface area (Å²) in [5, 5.41) is 5.31. The molecule has 168 valence electrons. The van der Waals surface area contributed by atoms with Gasteiger partial charge in [-0.25, -0.2) is 4.79 Å². The van der Waals surface area contributed by atoms with Crippen molar-refractivity contribution < 1.29 is 23.8 Å². The highest BCUT2D eigenvalue weighted by Crippen LogP contribution is 2.47. The first kappa shape index (κ1) is 22.1. The van der Waals surface area contributed by atoms with E-state index < -0.39 is 11.9 Å². The molecule has 2 aliphatic rings. The lowest BCUT2D eigenvalue weighted by Gasteiger charge is -2.36. The van der Waals surface area contributed by atoms with Gasteiger partial charge < -0.3 is 19.5 Å². The van der Waals surface area contributed by atoms with Gasteiger partial charge >= 0.3 is 5.97 Å². The van der Waals surface area contributed by atoms with E-state index in [1.54, 1.807) is 18.4 Å². The number of ketones is 1. The van der Waals surface area contributed by atoms with E-state index in [2.05, 4.69) is 5.32 Å². The third-order valence-electron chi connectivity index (χ3n) is 6.02. The molecule has 1 aromatic carbocycles. The van der Waals surface area contributed by atoms with Crippen LogP contribution in [0.1, 0.15) is 49.0 Å². The molecule has 4 rings (SSSR count). The second-order valence-corrected chi connectivity index (χ2v) is 8.85. The van der Waals surface area contributed by atoms with Gasteiger partial charge in [0.25, 0.3) is 0 Å². The highest BCUT2D eigenvalue weighted by atomic mass is 32.1. The molecule has 6 nitrogen and oxygen atoms in total. The largest absolute Gasteiger partial charge is 0.493 e. The molecule has 1 aliphatic heterocycles. The van der Waals surface area contributed by atoms with Gasteiger partial charge in [0.2, 0.25) is 0 Å². The molecule has 0 radical (unpaired) electrons. The number of rotatable bonds is 6. The van der Waals surface area contributed by atoms with E-state index >= 15 is 0 Å². The monoisotopic (exact) mass is 453 g/mol. The van der Waals surface area contributed by atoms with E-state index in [1.807, 2.05) is 49.6 Å². The highest BCUT2D eigenvalue weighted by Gasteiger charge is 2.41. The zero-order chi connectivity index (χ0) is 22.8. The first-order chi connectivity index (χ1) is 15.5. The van der Waals surface area contributed by atoms with Crippen LogP contribution in [0.2, 0.25) is 0 Å². The maximum atomic E-state index is 13.5. The number of esters is 1. The number of methoxy groups -OCH3 is 2. The number of hydrogen-bond donors (Lipinski definition) is 1. The van der Waals surface area contributed by atoms with Crippen molar-refractivity contribution in [3.05, 3.63) is 68.7 Å². The zero-order valence-corrected chi connectivity index (χ0v) is 19.5. The minimum Gasteiger partial charge on any atom is -0.493 e. The predicted molar refractivity (Wildman–Crippen MR) is 123 cm³/mol. The number of carbonyl (C=O) groups excluding carboxylic acids is 2. The molecule has 1 N–H and O–H groups in total. The zero-order valence-electron chi connectivity index (χ0n) is 18.7. The maximum Gasteiger partial charge on any atom is 0.336 e. The Balaban J connectivity index is 1.72. The van der Waals surface area contributed by atoms with Crippen LogP contribution < -0.4 is 14.8 Å². The van der Waals surface area contributed by atoms with Gasteiger partial charge in [0, 0.05) is 28.3 Å². The number of Topliss-reactive ketones (excluding diaryl/α,β-unsaturated/α-hetero) is 1. The smallest absolute Gasteiger partial charge is 0.336 e. The molecule has 32 heavy (non-hydrogen) atoms.